The Kier molecular flexibility index (Phi) is 15.5. The lowest BCUT2D eigenvalue weighted by Gasteiger charge is -2.50. The SMILES string of the molecule is CC[C@H]1OC(=O)[C@H](C)[C@@H](O[C@H]2C[C@@](C)(OC)[C@@H](OC(C)=O)[C@H](C)O2)[C@H](C)[C@@H](O[C@@H]2O[C@H](C)C[C@H](N(C)C)[C@H]2O)[C@@](C)(OC)C[C@@H](C)C(=O)C(C)[C@H]2N(N)C(=O)O[C@]12C. The maximum atomic E-state index is 14.6. The number of hydrogen-bond acceptors (Lipinski definition) is 16. The predicted molar refractivity (Wildman–Crippen MR) is 209 cm³/mol. The fraction of sp³-hybridized carbons (Fsp3) is 0.902. The van der Waals surface area contributed by atoms with E-state index >= 15 is 0 Å². The van der Waals surface area contributed by atoms with Crippen LogP contribution in [-0.2, 0) is 57.0 Å². The normalized spacial score (nSPS) is 45.9. The van der Waals surface area contributed by atoms with Crippen molar-refractivity contribution < 1.29 is 66.9 Å². The molecule has 1 amide bonds. The van der Waals surface area contributed by atoms with Crippen LogP contribution in [0.15, 0.2) is 0 Å². The largest absolute Gasteiger partial charge is 0.458 e. The second-order valence-corrected chi connectivity index (χ2v) is 17.9. The van der Waals surface area contributed by atoms with Gasteiger partial charge in [-0.25, -0.2) is 15.6 Å². The van der Waals surface area contributed by atoms with E-state index in [2.05, 4.69) is 0 Å². The monoisotopic (exact) mass is 829 g/mol. The third-order valence-electron chi connectivity index (χ3n) is 13.3. The molecular weight excluding hydrogens is 758 g/mol. The van der Waals surface area contributed by atoms with Crippen molar-refractivity contribution in [1.82, 2.24) is 9.91 Å². The van der Waals surface area contributed by atoms with E-state index < -0.39 is 114 Å². The van der Waals surface area contributed by atoms with Gasteiger partial charge in [0.05, 0.1) is 35.9 Å². The molecule has 4 aliphatic heterocycles. The first-order valence-electron chi connectivity index (χ1n) is 20.6. The summed E-state index contributed by atoms with van der Waals surface area (Å²) in [6, 6.07) is -1.29. The van der Waals surface area contributed by atoms with Crippen LogP contribution in [-0.4, -0.2) is 151 Å². The number of cyclic esters (lactones) is 1. The minimum Gasteiger partial charge on any atom is -0.458 e. The molecule has 0 aromatic heterocycles. The van der Waals surface area contributed by atoms with Crippen molar-refractivity contribution in [3.63, 3.8) is 0 Å². The Bertz CT molecular complexity index is 1470. The van der Waals surface area contributed by atoms with Crippen molar-refractivity contribution in [2.45, 2.75) is 186 Å². The molecule has 4 fully saturated rings. The summed E-state index contributed by atoms with van der Waals surface area (Å²) in [5.41, 5.74) is -3.81. The number of esters is 2. The maximum absolute atomic E-state index is 14.6. The number of ether oxygens (including phenoxy) is 9. The number of carbonyl (C=O) groups is 4. The van der Waals surface area contributed by atoms with Crippen LogP contribution in [0.25, 0.3) is 0 Å². The summed E-state index contributed by atoms with van der Waals surface area (Å²) in [5, 5.41) is 12.6. The second kappa shape index (κ2) is 18.6. The number of methoxy groups -OCH3 is 2. The number of likely N-dealkylation sites (N-methyl/N-ethyl adjacent to an activating group) is 1. The highest BCUT2D eigenvalue weighted by Gasteiger charge is 2.60. The van der Waals surface area contributed by atoms with E-state index in [1.165, 1.54) is 21.1 Å². The minimum atomic E-state index is -1.49. The first-order chi connectivity index (χ1) is 26.9. The van der Waals surface area contributed by atoms with Crippen molar-refractivity contribution in [2.75, 3.05) is 28.3 Å². The Morgan fingerprint density at radius 3 is 2.09 bits per heavy atom. The lowest BCUT2D eigenvalue weighted by molar-refractivity contribution is -0.320. The van der Waals surface area contributed by atoms with Gasteiger partial charge in [0.2, 0.25) is 0 Å². The van der Waals surface area contributed by atoms with Gasteiger partial charge < -0.3 is 52.6 Å². The Balaban J connectivity index is 1.89. The summed E-state index contributed by atoms with van der Waals surface area (Å²) in [6.45, 7) is 19.0. The van der Waals surface area contributed by atoms with Crippen LogP contribution in [0.1, 0.15) is 102 Å². The molecule has 4 saturated heterocycles. The fourth-order valence-electron chi connectivity index (χ4n) is 9.95. The molecule has 0 aromatic carbocycles. The summed E-state index contributed by atoms with van der Waals surface area (Å²) >= 11 is 0. The van der Waals surface area contributed by atoms with Gasteiger partial charge in [0.25, 0.3) is 0 Å². The summed E-state index contributed by atoms with van der Waals surface area (Å²) in [4.78, 5) is 56.2. The van der Waals surface area contributed by atoms with Crippen molar-refractivity contribution in [2.24, 2.45) is 29.5 Å². The summed E-state index contributed by atoms with van der Waals surface area (Å²) in [5.74, 6) is 1.64. The second-order valence-electron chi connectivity index (χ2n) is 17.9. The highest BCUT2D eigenvalue weighted by Crippen LogP contribution is 2.44. The third kappa shape index (κ3) is 9.52. The van der Waals surface area contributed by atoms with Gasteiger partial charge >= 0.3 is 18.0 Å². The number of ketones is 1. The van der Waals surface area contributed by atoms with Gasteiger partial charge in [0.1, 0.15) is 29.6 Å². The molecule has 0 saturated carbocycles. The predicted octanol–water partition coefficient (Wildman–Crippen LogP) is 3.35. The average molecular weight is 830 g/mol. The average Bonchev–Trinajstić information content (AvgIpc) is 3.39. The maximum Gasteiger partial charge on any atom is 0.425 e. The zero-order chi connectivity index (χ0) is 43.8. The first-order valence-corrected chi connectivity index (χ1v) is 20.6. The van der Waals surface area contributed by atoms with Crippen LogP contribution in [0.3, 0.4) is 0 Å². The number of fused-ring (bicyclic) bond motifs is 1. The van der Waals surface area contributed by atoms with E-state index in [0.717, 1.165) is 5.01 Å². The van der Waals surface area contributed by atoms with Crippen LogP contribution < -0.4 is 5.84 Å². The molecule has 334 valence electrons. The van der Waals surface area contributed by atoms with Crippen LogP contribution in [0.4, 0.5) is 4.79 Å². The number of hydrogen-bond donors (Lipinski definition) is 2. The Hall–Kier alpha value is -2.48. The molecule has 0 radical (unpaired) electrons. The number of rotatable bonds is 9. The molecule has 3 N–H and O–H groups in total. The standard InChI is InChI=1S/C41H71N3O14/c1-16-28-41(11)33(44(42)38(49)58-41)22(4)30(46)20(2)18-39(9,50-14)34(57-37-31(47)27(43(12)13)17-21(3)52-37)23(5)32(24(6)36(48)55-28)56-29-19-40(10,51-15)35(25(7)53-29)54-26(8)45/h20-25,27-29,31-35,37,47H,16-19,42H2,1-15H3/t20-,21-,22?,23+,24-,25+,27+,28-,29+,31-,32+,33-,34-,35+,37+,39+,40-,41-/m1/s1. The molecule has 0 spiro atoms. The Morgan fingerprint density at radius 1 is 0.931 bits per heavy atom. The number of hydrazine groups is 1. The molecule has 0 aliphatic carbocycles. The smallest absolute Gasteiger partial charge is 0.425 e. The van der Waals surface area contributed by atoms with Gasteiger partial charge in [-0.2, -0.15) is 0 Å². The molecule has 18 atom stereocenters. The van der Waals surface area contributed by atoms with Crippen LogP contribution in [0.5, 0.6) is 0 Å². The number of aliphatic hydroxyl groups is 1. The molecule has 0 bridgehead atoms. The minimum absolute atomic E-state index is 0.110. The quantitative estimate of drug-likeness (QED) is 0.148. The molecule has 58 heavy (non-hydrogen) atoms. The van der Waals surface area contributed by atoms with E-state index in [0.29, 0.717) is 6.42 Å². The highest BCUT2D eigenvalue weighted by atomic mass is 16.7. The number of nitrogens with two attached hydrogens (primary N) is 1. The number of carbonyl (C=O) groups excluding carboxylic acids is 4. The number of aliphatic hydroxyl groups excluding tert-OH is 1. The number of nitrogens with zero attached hydrogens (tertiary/aromatic N) is 2. The van der Waals surface area contributed by atoms with Gasteiger partial charge in [-0.15, -0.1) is 0 Å². The molecule has 17 heteroatoms. The summed E-state index contributed by atoms with van der Waals surface area (Å²) in [6.07, 6.45) is -7.77. The molecular formula is C41H71N3O14. The lowest BCUT2D eigenvalue weighted by atomic mass is 9.73. The van der Waals surface area contributed by atoms with E-state index in [1.807, 2.05) is 39.8 Å². The Labute approximate surface area is 344 Å². The molecule has 1 unspecified atom stereocenters. The van der Waals surface area contributed by atoms with Crippen molar-refractivity contribution in [3.05, 3.63) is 0 Å². The van der Waals surface area contributed by atoms with Gasteiger partial charge in [-0.3, -0.25) is 14.4 Å². The van der Waals surface area contributed by atoms with Crippen LogP contribution in [0.2, 0.25) is 0 Å². The molecule has 4 rings (SSSR count). The van der Waals surface area contributed by atoms with Crippen molar-refractivity contribution in [3.8, 4) is 0 Å². The van der Waals surface area contributed by atoms with Gasteiger partial charge in [-0.1, -0.05) is 27.7 Å². The topological polar surface area (TPSA) is 204 Å². The van der Waals surface area contributed by atoms with E-state index in [4.69, 9.17) is 48.5 Å². The fourth-order valence-corrected chi connectivity index (χ4v) is 9.95. The van der Waals surface area contributed by atoms with Crippen LogP contribution in [0, 0.1) is 23.7 Å². The van der Waals surface area contributed by atoms with E-state index in [-0.39, 0.29) is 37.2 Å². The van der Waals surface area contributed by atoms with Crippen molar-refractivity contribution in [1.29, 1.82) is 0 Å². The van der Waals surface area contributed by atoms with Gasteiger partial charge in [0.15, 0.2) is 24.3 Å². The molecule has 17 nitrogen and oxygen atoms in total. The molecule has 4 heterocycles. The van der Waals surface area contributed by atoms with Crippen molar-refractivity contribution >= 4 is 23.8 Å². The summed E-state index contributed by atoms with van der Waals surface area (Å²) < 4.78 is 56.5. The summed E-state index contributed by atoms with van der Waals surface area (Å²) in [7, 11) is 6.79. The Morgan fingerprint density at radius 2 is 1.53 bits per heavy atom. The number of amides is 1. The number of Topliss-reactive ketones (excluding diaryl/α,β-unsaturated/α-hetero) is 1. The molecule has 4 aliphatic rings. The molecule has 0 aromatic rings. The first kappa shape index (κ1) is 48.2. The highest BCUT2D eigenvalue weighted by molar-refractivity contribution is 5.85. The van der Waals surface area contributed by atoms with Crippen LogP contribution >= 0.6 is 0 Å². The zero-order valence-corrected chi connectivity index (χ0v) is 37.2. The lowest BCUT2D eigenvalue weighted by Crippen LogP contribution is -2.62. The third-order valence-corrected chi connectivity index (χ3v) is 13.3. The van der Waals surface area contributed by atoms with Gasteiger partial charge in [0, 0.05) is 51.4 Å². The van der Waals surface area contributed by atoms with E-state index in [1.54, 1.807) is 48.5 Å². The zero-order valence-electron chi connectivity index (χ0n) is 37.2. The van der Waals surface area contributed by atoms with E-state index in [9.17, 15) is 24.3 Å². The van der Waals surface area contributed by atoms with Gasteiger partial charge in [-0.05, 0) is 74.9 Å².